The van der Waals surface area contributed by atoms with Crippen molar-refractivity contribution in [2.75, 3.05) is 18.5 Å². The zero-order valence-corrected chi connectivity index (χ0v) is 17.1. The fourth-order valence-corrected chi connectivity index (χ4v) is 3.63. The number of rotatable bonds is 7. The van der Waals surface area contributed by atoms with E-state index >= 15 is 0 Å². The lowest BCUT2D eigenvalue weighted by Gasteiger charge is -2.29. The molecule has 0 spiro atoms. The first-order valence-corrected chi connectivity index (χ1v) is 9.40. The van der Waals surface area contributed by atoms with Crippen LogP contribution in [-0.4, -0.2) is 64.1 Å². The van der Waals surface area contributed by atoms with Gasteiger partial charge in [0.15, 0.2) is 11.6 Å². The van der Waals surface area contributed by atoms with Gasteiger partial charge < -0.3 is 29.4 Å². The highest BCUT2D eigenvalue weighted by Gasteiger charge is 2.52. The maximum atomic E-state index is 11.4. The van der Waals surface area contributed by atoms with E-state index in [1.54, 1.807) is 27.7 Å². The van der Waals surface area contributed by atoms with E-state index in [2.05, 4.69) is 5.32 Å². The Kier molecular flexibility index (Phi) is 5.98. The van der Waals surface area contributed by atoms with Gasteiger partial charge in [-0.1, -0.05) is 0 Å². The number of aliphatic hydroxyl groups is 1. The quantitative estimate of drug-likeness (QED) is 0.487. The lowest BCUT2D eigenvalue weighted by Crippen LogP contribution is -2.48. The highest BCUT2D eigenvalue weighted by Crippen LogP contribution is 2.38. The molecule has 12 nitrogen and oxygen atoms in total. The summed E-state index contributed by atoms with van der Waals surface area (Å²) in [5.41, 5.74) is -0.884. The maximum absolute atomic E-state index is 11.4. The molecule has 2 saturated heterocycles. The molecule has 166 valence electrons. The standard InChI is InChI=1S/C18H25N3O9/c1-17(2)27-9-14(28-17)16-15(29-18(3,4)30-16)12(8-22)19-11-6-5-10(20(23)24)7-13(11)21(25)26/h5-7,12,14-16,19,22H,8-9H2,1-4H3/t12-,14-,15+,16-/m1/s1. The van der Waals surface area contributed by atoms with Crippen LogP contribution < -0.4 is 5.32 Å². The fraction of sp³-hybridized carbons (Fsp3) is 0.667. The molecule has 2 N–H and O–H groups in total. The molecule has 2 aliphatic rings. The molecule has 0 amide bonds. The number of benzene rings is 1. The number of hydrogen-bond donors (Lipinski definition) is 2. The molecule has 0 bridgehead atoms. The second kappa shape index (κ2) is 8.04. The second-order valence-corrected chi connectivity index (χ2v) is 8.08. The minimum absolute atomic E-state index is 0.0145. The third kappa shape index (κ3) is 4.68. The molecule has 0 unspecified atom stereocenters. The van der Waals surface area contributed by atoms with Gasteiger partial charge in [0.1, 0.15) is 24.0 Å². The van der Waals surface area contributed by atoms with Gasteiger partial charge in [-0.3, -0.25) is 20.2 Å². The minimum atomic E-state index is -0.984. The minimum Gasteiger partial charge on any atom is -0.394 e. The topological polar surface area (TPSA) is 155 Å². The number of hydrogen-bond acceptors (Lipinski definition) is 10. The van der Waals surface area contributed by atoms with Crippen LogP contribution in [0.2, 0.25) is 0 Å². The summed E-state index contributed by atoms with van der Waals surface area (Å²) in [6.07, 6.45) is -1.83. The molecule has 4 atom stereocenters. The summed E-state index contributed by atoms with van der Waals surface area (Å²) in [6.45, 7) is 6.78. The van der Waals surface area contributed by atoms with Gasteiger partial charge in [0.05, 0.1) is 35.2 Å². The third-order valence-electron chi connectivity index (χ3n) is 4.88. The molecule has 2 heterocycles. The SMILES string of the molecule is CC1(C)O[C@@H]([C@@H](CO)Nc2ccc([N+](=O)[O-])cc2[N+](=O)[O-])[C@@H]([C@H]2COC(C)(C)O2)O1. The highest BCUT2D eigenvalue weighted by atomic mass is 16.8. The van der Waals surface area contributed by atoms with Crippen LogP contribution in [0.5, 0.6) is 0 Å². The number of nitrogens with zero attached hydrogens (tertiary/aromatic N) is 2. The van der Waals surface area contributed by atoms with Crippen molar-refractivity contribution < 1.29 is 33.9 Å². The summed E-state index contributed by atoms with van der Waals surface area (Å²) < 4.78 is 23.4. The van der Waals surface area contributed by atoms with Crippen molar-refractivity contribution in [3.63, 3.8) is 0 Å². The number of non-ortho nitro benzene ring substituents is 1. The molecule has 2 fully saturated rings. The number of ether oxygens (including phenoxy) is 4. The van der Waals surface area contributed by atoms with Gasteiger partial charge in [0.25, 0.3) is 11.4 Å². The highest BCUT2D eigenvalue weighted by molar-refractivity contribution is 5.65. The molecular weight excluding hydrogens is 402 g/mol. The Morgan fingerprint density at radius 3 is 2.37 bits per heavy atom. The molecule has 0 radical (unpaired) electrons. The summed E-state index contributed by atoms with van der Waals surface area (Å²) in [4.78, 5) is 20.9. The van der Waals surface area contributed by atoms with Crippen molar-refractivity contribution in [1.82, 2.24) is 0 Å². The molecule has 0 aliphatic carbocycles. The van der Waals surface area contributed by atoms with Crippen LogP contribution in [0, 0.1) is 20.2 Å². The van der Waals surface area contributed by atoms with Gasteiger partial charge in [-0.25, -0.2) is 0 Å². The van der Waals surface area contributed by atoms with Crippen molar-refractivity contribution in [2.45, 2.75) is 63.6 Å². The smallest absolute Gasteiger partial charge is 0.299 e. The average Bonchev–Trinajstić information content (AvgIpc) is 3.17. The fourth-order valence-electron chi connectivity index (χ4n) is 3.63. The number of nitro groups is 2. The number of nitro benzene ring substituents is 2. The molecule has 0 saturated carbocycles. The van der Waals surface area contributed by atoms with E-state index in [4.69, 9.17) is 18.9 Å². The first-order chi connectivity index (χ1) is 13.9. The van der Waals surface area contributed by atoms with Gasteiger partial charge in [-0.05, 0) is 33.8 Å². The van der Waals surface area contributed by atoms with Crippen molar-refractivity contribution in [1.29, 1.82) is 0 Å². The third-order valence-corrected chi connectivity index (χ3v) is 4.88. The van der Waals surface area contributed by atoms with Crippen LogP contribution in [0.1, 0.15) is 27.7 Å². The monoisotopic (exact) mass is 427 g/mol. The number of anilines is 1. The van der Waals surface area contributed by atoms with E-state index in [1.807, 2.05) is 0 Å². The van der Waals surface area contributed by atoms with Crippen LogP contribution in [0.3, 0.4) is 0 Å². The van der Waals surface area contributed by atoms with Gasteiger partial charge in [-0.15, -0.1) is 0 Å². The molecule has 2 aliphatic heterocycles. The lowest BCUT2D eigenvalue weighted by molar-refractivity contribution is -0.393. The molecule has 1 aromatic carbocycles. The average molecular weight is 427 g/mol. The Labute approximate surface area is 172 Å². The molecule has 12 heteroatoms. The zero-order chi connectivity index (χ0) is 22.3. The summed E-state index contributed by atoms with van der Waals surface area (Å²) >= 11 is 0. The van der Waals surface area contributed by atoms with E-state index < -0.39 is 63.8 Å². The Bertz CT molecular complexity index is 829. The molecular formula is C18H25N3O9. The van der Waals surface area contributed by atoms with Crippen molar-refractivity contribution in [3.8, 4) is 0 Å². The summed E-state index contributed by atoms with van der Waals surface area (Å²) in [7, 11) is 0. The van der Waals surface area contributed by atoms with Crippen LogP contribution in [-0.2, 0) is 18.9 Å². The summed E-state index contributed by atoms with van der Waals surface area (Å²) in [6, 6.07) is 2.42. The van der Waals surface area contributed by atoms with Crippen molar-refractivity contribution >= 4 is 17.1 Å². The number of aliphatic hydroxyl groups excluding tert-OH is 1. The Balaban J connectivity index is 1.87. The van der Waals surface area contributed by atoms with E-state index in [-0.39, 0.29) is 12.3 Å². The van der Waals surface area contributed by atoms with Gasteiger partial charge >= 0.3 is 0 Å². The van der Waals surface area contributed by atoms with E-state index in [9.17, 15) is 25.3 Å². The summed E-state index contributed by atoms with van der Waals surface area (Å²) in [5, 5.41) is 35.3. The maximum Gasteiger partial charge on any atom is 0.299 e. The van der Waals surface area contributed by atoms with Crippen LogP contribution in [0.15, 0.2) is 18.2 Å². The Hall–Kier alpha value is -2.38. The van der Waals surface area contributed by atoms with E-state index in [0.717, 1.165) is 12.1 Å². The molecule has 3 rings (SSSR count). The normalized spacial score (nSPS) is 28.2. The van der Waals surface area contributed by atoms with E-state index in [0.29, 0.717) is 0 Å². The predicted octanol–water partition coefficient (Wildman–Crippen LogP) is 1.95. The Morgan fingerprint density at radius 1 is 1.13 bits per heavy atom. The largest absolute Gasteiger partial charge is 0.394 e. The predicted molar refractivity (Wildman–Crippen MR) is 103 cm³/mol. The van der Waals surface area contributed by atoms with Crippen LogP contribution in [0.25, 0.3) is 0 Å². The van der Waals surface area contributed by atoms with Gasteiger partial charge in [0, 0.05) is 6.07 Å². The van der Waals surface area contributed by atoms with E-state index in [1.165, 1.54) is 6.07 Å². The van der Waals surface area contributed by atoms with Crippen LogP contribution >= 0.6 is 0 Å². The van der Waals surface area contributed by atoms with Gasteiger partial charge in [0.2, 0.25) is 0 Å². The second-order valence-electron chi connectivity index (χ2n) is 8.08. The lowest BCUT2D eigenvalue weighted by atomic mass is 10.0. The van der Waals surface area contributed by atoms with Crippen molar-refractivity contribution in [3.05, 3.63) is 38.4 Å². The first-order valence-electron chi connectivity index (χ1n) is 9.40. The van der Waals surface area contributed by atoms with Crippen LogP contribution in [0.4, 0.5) is 17.1 Å². The van der Waals surface area contributed by atoms with Gasteiger partial charge in [-0.2, -0.15) is 0 Å². The Morgan fingerprint density at radius 2 is 1.83 bits per heavy atom. The zero-order valence-electron chi connectivity index (χ0n) is 17.1. The number of nitrogens with one attached hydrogen (secondary N) is 1. The summed E-state index contributed by atoms with van der Waals surface area (Å²) in [5.74, 6) is -1.79. The molecule has 30 heavy (non-hydrogen) atoms. The molecule has 0 aromatic heterocycles. The van der Waals surface area contributed by atoms with Crippen molar-refractivity contribution in [2.24, 2.45) is 0 Å². The molecule has 1 aromatic rings. The first kappa shape index (κ1) is 22.3.